The maximum absolute atomic E-state index is 13.4. The number of piperidine rings is 1. The van der Waals surface area contributed by atoms with Crippen LogP contribution in [0, 0.1) is 11.7 Å². The van der Waals surface area contributed by atoms with Crippen LogP contribution in [-0.4, -0.2) is 28.6 Å². The SMILES string of the molecule is CC1CCN(Cc2cc(F)cc(C(=O)O)c2)C(C)C1. The van der Waals surface area contributed by atoms with E-state index in [0.717, 1.165) is 36.9 Å². The highest BCUT2D eigenvalue weighted by Crippen LogP contribution is 2.24. The van der Waals surface area contributed by atoms with Crippen LogP contribution in [0.2, 0.25) is 0 Å². The third kappa shape index (κ3) is 3.53. The Labute approximate surface area is 113 Å². The summed E-state index contributed by atoms with van der Waals surface area (Å²) >= 11 is 0. The molecule has 0 aliphatic carbocycles. The van der Waals surface area contributed by atoms with Crippen LogP contribution >= 0.6 is 0 Å². The molecule has 1 aliphatic heterocycles. The third-order valence-corrected chi connectivity index (χ3v) is 3.87. The van der Waals surface area contributed by atoms with Gasteiger partial charge in [-0.15, -0.1) is 0 Å². The lowest BCUT2D eigenvalue weighted by Gasteiger charge is -2.36. The number of benzene rings is 1. The van der Waals surface area contributed by atoms with Crippen LogP contribution in [0.1, 0.15) is 42.6 Å². The van der Waals surface area contributed by atoms with Gasteiger partial charge in [-0.1, -0.05) is 6.92 Å². The van der Waals surface area contributed by atoms with Crippen LogP contribution in [0.4, 0.5) is 4.39 Å². The van der Waals surface area contributed by atoms with Gasteiger partial charge in [-0.3, -0.25) is 4.90 Å². The Hall–Kier alpha value is -1.42. The van der Waals surface area contributed by atoms with E-state index in [9.17, 15) is 9.18 Å². The smallest absolute Gasteiger partial charge is 0.335 e. The molecule has 1 aromatic rings. The second kappa shape index (κ2) is 5.70. The Bertz CT molecular complexity index is 475. The van der Waals surface area contributed by atoms with Gasteiger partial charge in [0.1, 0.15) is 5.82 Å². The van der Waals surface area contributed by atoms with Crippen LogP contribution in [0.3, 0.4) is 0 Å². The number of rotatable bonds is 3. The van der Waals surface area contributed by atoms with Crippen LogP contribution in [0.25, 0.3) is 0 Å². The quantitative estimate of drug-likeness (QED) is 0.912. The molecule has 2 atom stereocenters. The summed E-state index contributed by atoms with van der Waals surface area (Å²) in [5.74, 6) is -0.831. The van der Waals surface area contributed by atoms with Crippen molar-refractivity contribution in [2.75, 3.05) is 6.54 Å². The van der Waals surface area contributed by atoms with Crippen molar-refractivity contribution in [3.05, 3.63) is 35.1 Å². The fraction of sp³-hybridized carbons (Fsp3) is 0.533. The van der Waals surface area contributed by atoms with Gasteiger partial charge in [0.15, 0.2) is 0 Å². The van der Waals surface area contributed by atoms with Gasteiger partial charge in [0.25, 0.3) is 0 Å². The molecular formula is C15H20FNO2. The van der Waals surface area contributed by atoms with Gasteiger partial charge in [-0.25, -0.2) is 9.18 Å². The van der Waals surface area contributed by atoms with E-state index in [1.807, 2.05) is 0 Å². The topological polar surface area (TPSA) is 40.5 Å². The molecule has 4 heteroatoms. The van der Waals surface area contributed by atoms with Crippen LogP contribution in [-0.2, 0) is 6.54 Å². The lowest BCUT2D eigenvalue weighted by Crippen LogP contribution is -2.39. The fourth-order valence-corrected chi connectivity index (χ4v) is 2.79. The molecular weight excluding hydrogens is 245 g/mol. The van der Waals surface area contributed by atoms with Crippen molar-refractivity contribution in [1.82, 2.24) is 4.90 Å². The van der Waals surface area contributed by atoms with Gasteiger partial charge >= 0.3 is 5.97 Å². The maximum atomic E-state index is 13.4. The summed E-state index contributed by atoms with van der Waals surface area (Å²) in [6, 6.07) is 4.52. The highest BCUT2D eigenvalue weighted by atomic mass is 19.1. The van der Waals surface area contributed by atoms with Gasteiger partial charge < -0.3 is 5.11 Å². The number of likely N-dealkylation sites (tertiary alicyclic amines) is 1. The third-order valence-electron chi connectivity index (χ3n) is 3.87. The van der Waals surface area contributed by atoms with Crippen molar-refractivity contribution < 1.29 is 14.3 Å². The fourth-order valence-electron chi connectivity index (χ4n) is 2.79. The van der Waals surface area contributed by atoms with E-state index >= 15 is 0 Å². The monoisotopic (exact) mass is 265 g/mol. The molecule has 1 N–H and O–H groups in total. The van der Waals surface area contributed by atoms with Crippen molar-refractivity contribution in [1.29, 1.82) is 0 Å². The average molecular weight is 265 g/mol. The van der Waals surface area contributed by atoms with Crippen molar-refractivity contribution in [2.24, 2.45) is 5.92 Å². The molecule has 3 nitrogen and oxygen atoms in total. The highest BCUT2D eigenvalue weighted by Gasteiger charge is 2.23. The first-order chi connectivity index (χ1) is 8.95. The van der Waals surface area contributed by atoms with Crippen molar-refractivity contribution in [3.8, 4) is 0 Å². The molecule has 2 unspecified atom stereocenters. The molecule has 19 heavy (non-hydrogen) atoms. The molecule has 0 radical (unpaired) electrons. The number of halogens is 1. The number of carboxylic acid groups (broad SMARTS) is 1. The average Bonchev–Trinajstić information content (AvgIpc) is 2.32. The first-order valence-electron chi connectivity index (χ1n) is 6.72. The number of nitrogens with zero attached hydrogens (tertiary/aromatic N) is 1. The van der Waals surface area contributed by atoms with Crippen LogP contribution < -0.4 is 0 Å². The zero-order valence-corrected chi connectivity index (χ0v) is 11.4. The van der Waals surface area contributed by atoms with E-state index in [1.54, 1.807) is 6.07 Å². The van der Waals surface area contributed by atoms with Crippen molar-refractivity contribution in [3.63, 3.8) is 0 Å². The maximum Gasteiger partial charge on any atom is 0.335 e. The molecule has 0 saturated carbocycles. The molecule has 1 fully saturated rings. The normalized spacial score (nSPS) is 24.4. The van der Waals surface area contributed by atoms with Gasteiger partial charge in [0.2, 0.25) is 0 Å². The zero-order chi connectivity index (χ0) is 14.0. The van der Waals surface area contributed by atoms with E-state index in [-0.39, 0.29) is 5.56 Å². The van der Waals surface area contributed by atoms with Gasteiger partial charge in [0.05, 0.1) is 5.56 Å². The Morgan fingerprint density at radius 2 is 2.16 bits per heavy atom. The summed E-state index contributed by atoms with van der Waals surface area (Å²) in [4.78, 5) is 13.2. The molecule has 2 rings (SSSR count). The lowest BCUT2D eigenvalue weighted by molar-refractivity contribution is 0.0696. The van der Waals surface area contributed by atoms with E-state index in [4.69, 9.17) is 5.11 Å². The number of carbonyl (C=O) groups is 1. The van der Waals surface area contributed by atoms with Crippen LogP contribution in [0.5, 0.6) is 0 Å². The van der Waals surface area contributed by atoms with E-state index in [2.05, 4.69) is 18.7 Å². The summed E-state index contributed by atoms with van der Waals surface area (Å²) in [5, 5.41) is 8.95. The summed E-state index contributed by atoms with van der Waals surface area (Å²) < 4.78 is 13.4. The Morgan fingerprint density at radius 1 is 1.42 bits per heavy atom. The zero-order valence-electron chi connectivity index (χ0n) is 11.4. The molecule has 1 aliphatic rings. The van der Waals surface area contributed by atoms with E-state index in [1.165, 1.54) is 6.07 Å². The summed E-state index contributed by atoms with van der Waals surface area (Å²) in [7, 11) is 0. The van der Waals surface area contributed by atoms with E-state index < -0.39 is 11.8 Å². The number of aromatic carboxylic acids is 1. The van der Waals surface area contributed by atoms with E-state index in [0.29, 0.717) is 12.6 Å². The summed E-state index contributed by atoms with van der Waals surface area (Å²) in [6.45, 7) is 6.03. The van der Waals surface area contributed by atoms with Gasteiger partial charge in [-0.2, -0.15) is 0 Å². The van der Waals surface area contributed by atoms with Crippen molar-refractivity contribution >= 4 is 5.97 Å². The summed E-state index contributed by atoms with van der Waals surface area (Å²) in [6.07, 6.45) is 2.28. The Kier molecular flexibility index (Phi) is 4.20. The Balaban J connectivity index is 2.12. The molecule has 0 aromatic heterocycles. The summed E-state index contributed by atoms with van der Waals surface area (Å²) in [5.41, 5.74) is 0.756. The first kappa shape index (κ1) is 14.0. The molecule has 0 amide bonds. The molecule has 0 bridgehead atoms. The van der Waals surface area contributed by atoms with Gasteiger partial charge in [-0.05, 0) is 56.0 Å². The largest absolute Gasteiger partial charge is 0.478 e. The lowest BCUT2D eigenvalue weighted by atomic mass is 9.93. The predicted molar refractivity (Wildman–Crippen MR) is 71.6 cm³/mol. The van der Waals surface area contributed by atoms with Crippen LogP contribution in [0.15, 0.2) is 18.2 Å². The van der Waals surface area contributed by atoms with Gasteiger partial charge in [0, 0.05) is 12.6 Å². The van der Waals surface area contributed by atoms with Crippen molar-refractivity contribution in [2.45, 2.75) is 39.3 Å². The minimum Gasteiger partial charge on any atom is -0.478 e. The molecule has 1 aromatic carbocycles. The highest BCUT2D eigenvalue weighted by molar-refractivity contribution is 5.87. The second-order valence-corrected chi connectivity index (χ2v) is 5.60. The molecule has 0 spiro atoms. The predicted octanol–water partition coefficient (Wildman–Crippen LogP) is 3.14. The minimum atomic E-state index is -1.08. The number of hydrogen-bond acceptors (Lipinski definition) is 2. The Morgan fingerprint density at radius 3 is 2.79 bits per heavy atom. The molecule has 104 valence electrons. The minimum absolute atomic E-state index is 0.0213. The standard InChI is InChI=1S/C15H20FNO2/c1-10-3-4-17(11(2)5-10)9-12-6-13(15(18)19)8-14(16)7-12/h6-8,10-11H,3-5,9H2,1-2H3,(H,18,19). The number of hydrogen-bond donors (Lipinski definition) is 1. The molecule has 1 saturated heterocycles. The molecule has 1 heterocycles. The second-order valence-electron chi connectivity index (χ2n) is 5.60. The number of carboxylic acids is 1. The first-order valence-corrected chi connectivity index (χ1v) is 6.72.